The summed E-state index contributed by atoms with van der Waals surface area (Å²) in [6, 6.07) is -0.541. The monoisotopic (exact) mass is 166 g/mol. The molecular weight excluding hydrogens is 156 g/mol. The molecule has 0 aliphatic carbocycles. The number of carbonyl (C=O) groups is 1. The van der Waals surface area contributed by atoms with Gasteiger partial charge < -0.3 is 10.8 Å². The Labute approximate surface area is 65.4 Å². The van der Waals surface area contributed by atoms with Crippen molar-refractivity contribution in [2.75, 3.05) is 6.54 Å². The normalized spacial score (nSPS) is 30.4. The summed E-state index contributed by atoms with van der Waals surface area (Å²) in [5.74, 6) is 0.178. The van der Waals surface area contributed by atoms with E-state index in [1.54, 1.807) is 0 Å². The summed E-state index contributed by atoms with van der Waals surface area (Å²) in [5.41, 5.74) is 4.88. The highest BCUT2D eigenvalue weighted by Gasteiger charge is 2.36. The van der Waals surface area contributed by atoms with Crippen LogP contribution in [0.5, 0.6) is 0 Å². The first-order valence-corrected chi connectivity index (χ1v) is 2.87. The van der Waals surface area contributed by atoms with E-state index >= 15 is 0 Å². The number of nitrogens with zero attached hydrogens (tertiary/aromatic N) is 1. The summed E-state index contributed by atoms with van der Waals surface area (Å²) in [6.45, 7) is 2.45. The quantitative estimate of drug-likeness (QED) is 0.522. The molecule has 2 amide bonds. The van der Waals surface area contributed by atoms with Gasteiger partial charge in [-0.15, -0.1) is 12.4 Å². The van der Waals surface area contributed by atoms with Crippen LogP contribution in [0, 0.1) is 5.92 Å². The van der Waals surface area contributed by atoms with Crippen LogP contribution in [0.1, 0.15) is 6.92 Å². The number of aliphatic hydroxyl groups excluding tert-OH is 1. The van der Waals surface area contributed by atoms with Gasteiger partial charge in [-0.2, -0.15) is 0 Å². The third-order valence-electron chi connectivity index (χ3n) is 1.60. The van der Waals surface area contributed by atoms with Gasteiger partial charge in [0.2, 0.25) is 0 Å². The van der Waals surface area contributed by atoms with Crippen molar-refractivity contribution in [1.82, 2.24) is 4.90 Å². The molecule has 10 heavy (non-hydrogen) atoms. The molecule has 1 saturated heterocycles. The third-order valence-corrected chi connectivity index (χ3v) is 1.60. The number of amides is 2. The van der Waals surface area contributed by atoms with E-state index in [0.717, 1.165) is 0 Å². The van der Waals surface area contributed by atoms with Gasteiger partial charge in [-0.05, 0) is 0 Å². The molecule has 0 aromatic rings. The Morgan fingerprint density at radius 2 is 2.30 bits per heavy atom. The highest BCUT2D eigenvalue weighted by molar-refractivity contribution is 5.85. The van der Waals surface area contributed by atoms with Crippen LogP contribution in [-0.2, 0) is 0 Å². The van der Waals surface area contributed by atoms with Crippen molar-refractivity contribution in [2.24, 2.45) is 11.7 Å². The van der Waals surface area contributed by atoms with Gasteiger partial charge in [0, 0.05) is 12.5 Å². The molecule has 0 aromatic carbocycles. The van der Waals surface area contributed by atoms with E-state index in [1.165, 1.54) is 4.90 Å². The summed E-state index contributed by atoms with van der Waals surface area (Å²) >= 11 is 0. The molecule has 2 unspecified atom stereocenters. The second kappa shape index (κ2) is 3.07. The van der Waals surface area contributed by atoms with E-state index in [0.29, 0.717) is 6.54 Å². The van der Waals surface area contributed by atoms with Crippen LogP contribution in [-0.4, -0.2) is 28.8 Å². The fourth-order valence-corrected chi connectivity index (χ4v) is 0.902. The summed E-state index contributed by atoms with van der Waals surface area (Å²) < 4.78 is 0. The molecule has 0 bridgehead atoms. The van der Waals surface area contributed by atoms with Crippen LogP contribution in [0.15, 0.2) is 0 Å². The van der Waals surface area contributed by atoms with Gasteiger partial charge in [0.25, 0.3) is 0 Å². The van der Waals surface area contributed by atoms with Gasteiger partial charge in [-0.25, -0.2) is 4.79 Å². The summed E-state index contributed by atoms with van der Waals surface area (Å²) in [5, 5.41) is 8.97. The Bertz CT molecular complexity index is 142. The standard InChI is InChI=1S/C5H10N2O2.ClH/c1-3-2-7(4(3)8)5(6)9;/h3-4,8H,2H2,1H3,(H2,6,9);1H. The van der Waals surface area contributed by atoms with Gasteiger partial charge in [0.05, 0.1) is 0 Å². The van der Waals surface area contributed by atoms with Crippen LogP contribution in [0.4, 0.5) is 4.79 Å². The molecule has 3 N–H and O–H groups in total. The number of hydrogen-bond donors (Lipinski definition) is 2. The number of urea groups is 1. The van der Waals surface area contributed by atoms with Crippen LogP contribution in [0.2, 0.25) is 0 Å². The number of rotatable bonds is 0. The number of carbonyl (C=O) groups excluding carboxylic acids is 1. The minimum atomic E-state index is -0.650. The smallest absolute Gasteiger partial charge is 0.316 e. The van der Waals surface area contributed by atoms with Gasteiger partial charge in [0.15, 0.2) is 0 Å². The molecule has 0 radical (unpaired) electrons. The van der Waals surface area contributed by atoms with E-state index in [-0.39, 0.29) is 18.3 Å². The van der Waals surface area contributed by atoms with Gasteiger partial charge in [-0.3, -0.25) is 4.90 Å². The number of halogens is 1. The largest absolute Gasteiger partial charge is 0.373 e. The molecular formula is C5H11ClN2O2. The van der Waals surface area contributed by atoms with E-state index in [1.807, 2.05) is 6.92 Å². The maximum atomic E-state index is 10.3. The SMILES string of the molecule is CC1CN(C(N)=O)C1O.Cl. The zero-order valence-electron chi connectivity index (χ0n) is 5.65. The number of aliphatic hydroxyl groups is 1. The summed E-state index contributed by atoms with van der Waals surface area (Å²) in [4.78, 5) is 11.6. The van der Waals surface area contributed by atoms with Gasteiger partial charge in [-0.1, -0.05) is 6.92 Å². The number of primary amides is 1. The minimum Gasteiger partial charge on any atom is -0.373 e. The van der Waals surface area contributed by atoms with Crippen molar-refractivity contribution in [3.8, 4) is 0 Å². The molecule has 5 heteroatoms. The second-order valence-electron chi connectivity index (χ2n) is 2.38. The Morgan fingerprint density at radius 1 is 1.80 bits per heavy atom. The molecule has 4 nitrogen and oxygen atoms in total. The van der Waals surface area contributed by atoms with Crippen LogP contribution >= 0.6 is 12.4 Å². The fourth-order valence-electron chi connectivity index (χ4n) is 0.902. The Balaban J connectivity index is 0.000000810. The average Bonchev–Trinajstić information content (AvgIpc) is 1.81. The molecule has 1 aliphatic rings. The maximum absolute atomic E-state index is 10.3. The topological polar surface area (TPSA) is 66.6 Å². The first-order chi connectivity index (χ1) is 4.13. The molecule has 2 atom stereocenters. The lowest BCUT2D eigenvalue weighted by molar-refractivity contribution is -0.0878. The van der Waals surface area contributed by atoms with Crippen molar-refractivity contribution < 1.29 is 9.90 Å². The summed E-state index contributed by atoms with van der Waals surface area (Å²) in [6.07, 6.45) is -0.650. The van der Waals surface area contributed by atoms with Crippen molar-refractivity contribution >= 4 is 18.4 Å². The summed E-state index contributed by atoms with van der Waals surface area (Å²) in [7, 11) is 0. The molecule has 1 fully saturated rings. The lowest BCUT2D eigenvalue weighted by Gasteiger charge is -2.41. The van der Waals surface area contributed by atoms with Crippen molar-refractivity contribution in [2.45, 2.75) is 13.2 Å². The fraction of sp³-hybridized carbons (Fsp3) is 0.800. The van der Waals surface area contributed by atoms with Gasteiger partial charge in [0.1, 0.15) is 6.23 Å². The third kappa shape index (κ3) is 1.33. The van der Waals surface area contributed by atoms with Crippen LogP contribution < -0.4 is 5.73 Å². The lowest BCUT2D eigenvalue weighted by atomic mass is 10.0. The number of likely N-dealkylation sites (tertiary alicyclic amines) is 1. The Kier molecular flexibility index (Phi) is 2.93. The van der Waals surface area contributed by atoms with Crippen molar-refractivity contribution in [3.05, 3.63) is 0 Å². The molecule has 1 aliphatic heterocycles. The second-order valence-corrected chi connectivity index (χ2v) is 2.38. The van der Waals surface area contributed by atoms with E-state index in [4.69, 9.17) is 10.8 Å². The zero-order chi connectivity index (χ0) is 7.02. The predicted octanol–water partition coefficient (Wildman–Crippen LogP) is -0.243. The van der Waals surface area contributed by atoms with Crippen LogP contribution in [0.3, 0.4) is 0 Å². The molecule has 0 spiro atoms. The molecule has 60 valence electrons. The van der Waals surface area contributed by atoms with Crippen LogP contribution in [0.25, 0.3) is 0 Å². The molecule has 0 aromatic heterocycles. The Hall–Kier alpha value is -0.480. The van der Waals surface area contributed by atoms with Gasteiger partial charge >= 0.3 is 6.03 Å². The Morgan fingerprint density at radius 3 is 2.40 bits per heavy atom. The highest BCUT2D eigenvalue weighted by atomic mass is 35.5. The number of hydrogen-bond acceptors (Lipinski definition) is 2. The minimum absolute atomic E-state index is 0. The average molecular weight is 167 g/mol. The van der Waals surface area contributed by atoms with Crippen molar-refractivity contribution in [1.29, 1.82) is 0 Å². The predicted molar refractivity (Wildman–Crippen MR) is 38.7 cm³/mol. The molecule has 0 saturated carbocycles. The lowest BCUT2D eigenvalue weighted by Crippen LogP contribution is -2.59. The number of nitrogens with two attached hydrogens (primary N) is 1. The molecule has 1 rings (SSSR count). The first-order valence-electron chi connectivity index (χ1n) is 2.87. The zero-order valence-corrected chi connectivity index (χ0v) is 6.47. The van der Waals surface area contributed by atoms with E-state index < -0.39 is 12.3 Å². The first kappa shape index (κ1) is 9.52. The van der Waals surface area contributed by atoms with E-state index in [9.17, 15) is 4.79 Å². The molecule has 1 heterocycles. The highest BCUT2D eigenvalue weighted by Crippen LogP contribution is 2.20. The maximum Gasteiger partial charge on any atom is 0.316 e. The van der Waals surface area contributed by atoms with E-state index in [2.05, 4.69) is 0 Å². The van der Waals surface area contributed by atoms with Crippen molar-refractivity contribution in [3.63, 3.8) is 0 Å².